The van der Waals surface area contributed by atoms with E-state index in [0.29, 0.717) is 5.82 Å². The summed E-state index contributed by atoms with van der Waals surface area (Å²) in [7, 11) is 0. The molecule has 8 nitrogen and oxygen atoms in total. The van der Waals surface area contributed by atoms with Gasteiger partial charge in [0.05, 0.1) is 29.8 Å². The molecule has 0 atom stereocenters. The molecule has 2 aliphatic rings. The zero-order valence-corrected chi connectivity index (χ0v) is 17.0. The highest BCUT2D eigenvalue weighted by Crippen LogP contribution is 2.44. The highest BCUT2D eigenvalue weighted by Gasteiger charge is 2.43. The van der Waals surface area contributed by atoms with E-state index in [1.54, 1.807) is 24.8 Å². The number of aromatic nitrogens is 4. The SMILES string of the molecule is NC1(c2ncccn2)CCC(N)(c2cc(N3CCOCC3)cc3nccnc23)CC1. The van der Waals surface area contributed by atoms with E-state index in [0.717, 1.165) is 74.3 Å². The molecule has 5 rings (SSSR count). The van der Waals surface area contributed by atoms with Gasteiger partial charge in [-0.25, -0.2) is 9.97 Å². The minimum atomic E-state index is -0.548. The Balaban J connectivity index is 1.51. The maximum atomic E-state index is 7.04. The van der Waals surface area contributed by atoms with Gasteiger partial charge in [-0.1, -0.05) is 0 Å². The van der Waals surface area contributed by atoms with Gasteiger partial charge in [0, 0.05) is 54.7 Å². The number of fused-ring (bicyclic) bond motifs is 1. The zero-order chi connectivity index (χ0) is 20.6. The summed E-state index contributed by atoms with van der Waals surface area (Å²) < 4.78 is 5.52. The summed E-state index contributed by atoms with van der Waals surface area (Å²) in [6, 6.07) is 6.12. The molecule has 1 aliphatic heterocycles. The monoisotopic (exact) mass is 405 g/mol. The number of anilines is 1. The van der Waals surface area contributed by atoms with Gasteiger partial charge >= 0.3 is 0 Å². The van der Waals surface area contributed by atoms with Gasteiger partial charge in [-0.15, -0.1) is 0 Å². The average molecular weight is 406 g/mol. The topological polar surface area (TPSA) is 116 Å². The summed E-state index contributed by atoms with van der Waals surface area (Å²) in [6.45, 7) is 3.18. The van der Waals surface area contributed by atoms with Gasteiger partial charge in [-0.05, 0) is 43.9 Å². The third kappa shape index (κ3) is 3.40. The van der Waals surface area contributed by atoms with E-state index in [9.17, 15) is 0 Å². The van der Waals surface area contributed by atoms with E-state index in [1.165, 1.54) is 0 Å². The molecule has 1 aromatic carbocycles. The number of hydrogen-bond donors (Lipinski definition) is 2. The van der Waals surface area contributed by atoms with E-state index in [4.69, 9.17) is 16.2 Å². The van der Waals surface area contributed by atoms with Crippen LogP contribution >= 0.6 is 0 Å². The second-order valence-corrected chi connectivity index (χ2v) is 8.40. The predicted molar refractivity (Wildman–Crippen MR) is 115 cm³/mol. The third-order valence-electron chi connectivity index (χ3n) is 6.52. The quantitative estimate of drug-likeness (QED) is 0.678. The van der Waals surface area contributed by atoms with E-state index in [1.807, 2.05) is 6.07 Å². The first-order valence-electron chi connectivity index (χ1n) is 10.5. The van der Waals surface area contributed by atoms with Crippen LogP contribution in [-0.4, -0.2) is 46.2 Å². The van der Waals surface area contributed by atoms with Crippen LogP contribution in [0.2, 0.25) is 0 Å². The molecule has 3 heterocycles. The molecule has 2 aromatic heterocycles. The summed E-state index contributed by atoms with van der Waals surface area (Å²) in [5, 5.41) is 0. The molecular weight excluding hydrogens is 378 g/mol. The molecule has 30 heavy (non-hydrogen) atoms. The minimum absolute atomic E-state index is 0.520. The molecule has 2 fully saturated rings. The molecule has 0 unspecified atom stereocenters. The lowest BCUT2D eigenvalue weighted by molar-refractivity contribution is 0.122. The van der Waals surface area contributed by atoms with Crippen LogP contribution in [0.1, 0.15) is 37.1 Å². The Morgan fingerprint density at radius 3 is 2.20 bits per heavy atom. The number of nitrogens with two attached hydrogens (primary N) is 2. The van der Waals surface area contributed by atoms with Crippen molar-refractivity contribution in [3.05, 3.63) is 54.4 Å². The molecule has 156 valence electrons. The van der Waals surface area contributed by atoms with Crippen molar-refractivity contribution in [1.82, 2.24) is 19.9 Å². The standard InChI is InChI=1S/C22H27N7O/c23-21(2-4-22(24,5-3-21)20-27-6-1-7-28-20)17-14-16(29-10-12-30-13-11-29)15-18-19(17)26-9-8-25-18/h1,6-9,14-15H,2-5,10-13,23-24H2. The molecule has 1 aliphatic carbocycles. The van der Waals surface area contributed by atoms with E-state index in [-0.39, 0.29) is 0 Å². The molecule has 1 saturated carbocycles. The van der Waals surface area contributed by atoms with Crippen LogP contribution < -0.4 is 16.4 Å². The van der Waals surface area contributed by atoms with Gasteiger partial charge in [0.2, 0.25) is 0 Å². The fourth-order valence-corrected chi connectivity index (χ4v) is 4.63. The van der Waals surface area contributed by atoms with Crippen molar-refractivity contribution in [2.45, 2.75) is 36.8 Å². The number of rotatable bonds is 3. The van der Waals surface area contributed by atoms with Crippen molar-refractivity contribution in [2.75, 3.05) is 31.2 Å². The van der Waals surface area contributed by atoms with Crippen molar-refractivity contribution in [3.8, 4) is 0 Å². The third-order valence-corrected chi connectivity index (χ3v) is 6.52. The number of nitrogens with zero attached hydrogens (tertiary/aromatic N) is 5. The molecular formula is C22H27N7O. The molecule has 0 amide bonds. The van der Waals surface area contributed by atoms with Crippen molar-refractivity contribution < 1.29 is 4.74 Å². The Kier molecular flexibility index (Phi) is 4.85. The van der Waals surface area contributed by atoms with Crippen molar-refractivity contribution in [2.24, 2.45) is 11.5 Å². The lowest BCUT2D eigenvalue weighted by Gasteiger charge is -2.42. The summed E-state index contributed by atoms with van der Waals surface area (Å²) in [5.74, 6) is 0.693. The Bertz CT molecular complexity index is 1030. The summed E-state index contributed by atoms with van der Waals surface area (Å²) >= 11 is 0. The number of ether oxygens (including phenoxy) is 1. The second-order valence-electron chi connectivity index (χ2n) is 8.40. The minimum Gasteiger partial charge on any atom is -0.378 e. The highest BCUT2D eigenvalue weighted by molar-refractivity contribution is 5.83. The zero-order valence-electron chi connectivity index (χ0n) is 17.0. The normalized spacial score (nSPS) is 27.3. The number of benzene rings is 1. The average Bonchev–Trinajstić information content (AvgIpc) is 2.82. The second kappa shape index (κ2) is 7.54. The van der Waals surface area contributed by atoms with Crippen LogP contribution in [0.15, 0.2) is 43.0 Å². The first-order valence-corrected chi connectivity index (χ1v) is 10.5. The molecule has 0 radical (unpaired) electrons. The molecule has 4 N–H and O–H groups in total. The smallest absolute Gasteiger partial charge is 0.147 e. The predicted octanol–water partition coefficient (Wildman–Crippen LogP) is 1.84. The van der Waals surface area contributed by atoms with Gasteiger partial charge in [0.25, 0.3) is 0 Å². The maximum Gasteiger partial charge on any atom is 0.147 e. The van der Waals surface area contributed by atoms with Crippen molar-refractivity contribution in [3.63, 3.8) is 0 Å². The number of hydrogen-bond acceptors (Lipinski definition) is 8. The molecule has 1 saturated heterocycles. The van der Waals surface area contributed by atoms with E-state index >= 15 is 0 Å². The Labute approximate surface area is 175 Å². The van der Waals surface area contributed by atoms with Crippen molar-refractivity contribution in [1.29, 1.82) is 0 Å². The molecule has 8 heteroatoms. The largest absolute Gasteiger partial charge is 0.378 e. The van der Waals surface area contributed by atoms with Crippen LogP contribution in [0.4, 0.5) is 5.69 Å². The lowest BCUT2D eigenvalue weighted by atomic mass is 9.69. The molecule has 3 aromatic rings. The van der Waals surface area contributed by atoms with Gasteiger partial charge in [-0.3, -0.25) is 9.97 Å². The van der Waals surface area contributed by atoms with Gasteiger partial charge in [0.15, 0.2) is 0 Å². The Hall–Kier alpha value is -2.68. The Morgan fingerprint density at radius 2 is 1.47 bits per heavy atom. The van der Waals surface area contributed by atoms with Gasteiger partial charge in [-0.2, -0.15) is 0 Å². The van der Waals surface area contributed by atoms with E-state index < -0.39 is 11.1 Å². The first kappa shape index (κ1) is 19.3. The maximum absolute atomic E-state index is 7.04. The summed E-state index contributed by atoms with van der Waals surface area (Å²) in [6.07, 6.45) is 9.87. The summed E-state index contributed by atoms with van der Waals surface area (Å²) in [4.78, 5) is 20.4. The Morgan fingerprint density at radius 1 is 0.800 bits per heavy atom. The fourth-order valence-electron chi connectivity index (χ4n) is 4.63. The number of morpholine rings is 1. The van der Waals surface area contributed by atoms with Crippen LogP contribution in [0, 0.1) is 0 Å². The van der Waals surface area contributed by atoms with Crippen molar-refractivity contribution >= 4 is 16.7 Å². The summed E-state index contributed by atoms with van der Waals surface area (Å²) in [5.41, 5.74) is 16.6. The first-order chi connectivity index (χ1) is 14.6. The van der Waals surface area contributed by atoms with E-state index in [2.05, 4.69) is 37.0 Å². The van der Waals surface area contributed by atoms with Crippen LogP contribution in [0.5, 0.6) is 0 Å². The lowest BCUT2D eigenvalue weighted by Crippen LogP contribution is -2.50. The molecule has 0 bridgehead atoms. The fraction of sp³-hybridized carbons (Fsp3) is 0.455. The van der Waals surface area contributed by atoms with Gasteiger partial charge < -0.3 is 21.1 Å². The van der Waals surface area contributed by atoms with Gasteiger partial charge in [0.1, 0.15) is 5.82 Å². The van der Waals surface area contributed by atoms with Crippen LogP contribution in [-0.2, 0) is 15.8 Å². The van der Waals surface area contributed by atoms with Crippen LogP contribution in [0.3, 0.4) is 0 Å². The highest BCUT2D eigenvalue weighted by atomic mass is 16.5. The molecule has 0 spiro atoms. The van der Waals surface area contributed by atoms with Crippen LogP contribution in [0.25, 0.3) is 11.0 Å².